The van der Waals surface area contributed by atoms with Crippen molar-refractivity contribution < 1.29 is 23.8 Å². The van der Waals surface area contributed by atoms with E-state index >= 15 is 0 Å². The van der Waals surface area contributed by atoms with Crippen LogP contribution in [-0.4, -0.2) is 33.1 Å². The number of nitrogens with zero attached hydrogens (tertiary/aromatic N) is 1. The van der Waals surface area contributed by atoms with E-state index in [-0.39, 0.29) is 11.6 Å². The second-order valence-electron chi connectivity index (χ2n) is 10.6. The maximum Gasteiger partial charge on any atom is 0.262 e. The van der Waals surface area contributed by atoms with Gasteiger partial charge in [0.05, 0.1) is 33.1 Å². The number of carbonyl (C=O) groups excluding carboxylic acids is 2. The summed E-state index contributed by atoms with van der Waals surface area (Å²) in [6.07, 6.45) is 1.09. The summed E-state index contributed by atoms with van der Waals surface area (Å²) in [5.74, 6) is 0.733. The molecule has 1 aliphatic rings. The number of carbonyl (C=O) groups is 2. The van der Waals surface area contributed by atoms with Gasteiger partial charge in [0.15, 0.2) is 11.5 Å². The lowest BCUT2D eigenvalue weighted by molar-refractivity contribution is -0.119. The third-order valence-corrected chi connectivity index (χ3v) is 7.97. The number of ether oxygens (including phenoxy) is 3. The van der Waals surface area contributed by atoms with Crippen molar-refractivity contribution in [1.82, 2.24) is 5.32 Å². The number of hydrogen-bond donors (Lipinski definition) is 1. The van der Waals surface area contributed by atoms with Crippen molar-refractivity contribution in [2.45, 2.75) is 32.7 Å². The van der Waals surface area contributed by atoms with Gasteiger partial charge in [0, 0.05) is 28.8 Å². The van der Waals surface area contributed by atoms with E-state index in [9.17, 15) is 14.4 Å². The smallest absolute Gasteiger partial charge is 0.262 e. The first-order valence-electron chi connectivity index (χ1n) is 14.1. The molecule has 0 radical (unpaired) electrons. The second kappa shape index (κ2) is 12.8. The molecule has 0 fully saturated rings. The first-order chi connectivity index (χ1) is 21.2. The van der Waals surface area contributed by atoms with E-state index in [0.29, 0.717) is 57.5 Å². The quantitative estimate of drug-likeness (QED) is 0.247. The van der Waals surface area contributed by atoms with Crippen LogP contribution in [0.5, 0.6) is 17.2 Å². The number of rotatable bonds is 7. The predicted octanol–water partition coefficient (Wildman–Crippen LogP) is 6.80. The highest BCUT2D eigenvalue weighted by Crippen LogP contribution is 2.50. The average molecular weight is 613 g/mol. The van der Waals surface area contributed by atoms with Gasteiger partial charge in [-0.1, -0.05) is 35.4 Å². The van der Waals surface area contributed by atoms with Crippen LogP contribution in [0.4, 0.5) is 11.4 Å². The van der Waals surface area contributed by atoms with Gasteiger partial charge in [-0.25, -0.2) is 0 Å². The standard InChI is InChI=1S/C35H33ClN2O6/c1-20-6-13-25(14-7-20)38(35(41)22-8-11-24(36)12-9-22)29-17-15-26-27(19-30(29)40)28(37-21(2)39)16-10-23-18-31(42-3)33(43-4)34(44-5)32(23)26/h6-9,11-15,17-19,28H,10,16H2,1-5H3,(H,37,39). The van der Waals surface area contributed by atoms with Gasteiger partial charge in [-0.3, -0.25) is 19.3 Å². The van der Waals surface area contributed by atoms with Gasteiger partial charge in [-0.15, -0.1) is 0 Å². The zero-order chi connectivity index (χ0) is 31.5. The van der Waals surface area contributed by atoms with Crippen LogP contribution < -0.4 is 29.9 Å². The number of aryl methyl sites for hydroxylation is 2. The minimum atomic E-state index is -0.482. The minimum Gasteiger partial charge on any atom is -0.493 e. The van der Waals surface area contributed by atoms with Gasteiger partial charge >= 0.3 is 0 Å². The molecule has 9 heteroatoms. The lowest BCUT2D eigenvalue weighted by atomic mass is 9.95. The van der Waals surface area contributed by atoms with Crippen LogP contribution in [0.25, 0.3) is 11.1 Å². The molecule has 0 spiro atoms. The number of fused-ring (bicyclic) bond motifs is 3. The number of amides is 2. The van der Waals surface area contributed by atoms with E-state index in [1.807, 2.05) is 25.1 Å². The van der Waals surface area contributed by atoms with Gasteiger partial charge in [0.2, 0.25) is 17.1 Å². The fraction of sp³-hybridized carbons (Fsp3) is 0.229. The molecular weight excluding hydrogens is 580 g/mol. The summed E-state index contributed by atoms with van der Waals surface area (Å²) in [4.78, 5) is 42.0. The monoisotopic (exact) mass is 612 g/mol. The molecule has 0 bridgehead atoms. The molecule has 226 valence electrons. The summed E-state index contributed by atoms with van der Waals surface area (Å²) in [5, 5.41) is 3.51. The van der Waals surface area contributed by atoms with Crippen LogP contribution in [0.2, 0.25) is 5.02 Å². The van der Waals surface area contributed by atoms with Crippen molar-refractivity contribution in [2.75, 3.05) is 26.2 Å². The fourth-order valence-corrected chi connectivity index (χ4v) is 5.79. The SMILES string of the molecule is COc1cc2c(c(OC)c1OC)-c1ccc(N(C(=O)c3ccc(Cl)cc3)c3ccc(C)cc3)c(=O)cc1C(NC(C)=O)CC2. The molecule has 0 heterocycles. The summed E-state index contributed by atoms with van der Waals surface area (Å²) >= 11 is 6.10. The van der Waals surface area contributed by atoms with Crippen molar-refractivity contribution in [3.8, 4) is 28.4 Å². The third kappa shape index (κ3) is 5.85. The van der Waals surface area contributed by atoms with E-state index in [1.54, 1.807) is 62.8 Å². The van der Waals surface area contributed by atoms with Gasteiger partial charge in [-0.2, -0.15) is 0 Å². The van der Waals surface area contributed by atoms with Crippen molar-refractivity contribution in [3.05, 3.63) is 110 Å². The number of anilines is 2. The molecule has 2 amide bonds. The fourth-order valence-electron chi connectivity index (χ4n) is 5.67. The van der Waals surface area contributed by atoms with Crippen molar-refractivity contribution in [2.24, 2.45) is 0 Å². The first-order valence-corrected chi connectivity index (χ1v) is 14.5. The number of nitrogens with one attached hydrogen (secondary N) is 1. The number of halogens is 1. The van der Waals surface area contributed by atoms with Crippen LogP contribution in [0.3, 0.4) is 0 Å². The van der Waals surface area contributed by atoms with Gasteiger partial charge in [-0.05, 0) is 91.1 Å². The van der Waals surface area contributed by atoms with Crippen LogP contribution in [-0.2, 0) is 11.2 Å². The summed E-state index contributed by atoms with van der Waals surface area (Å²) in [7, 11) is 4.64. The molecule has 0 saturated carbocycles. The summed E-state index contributed by atoms with van der Waals surface area (Å²) in [6.45, 7) is 3.39. The predicted molar refractivity (Wildman–Crippen MR) is 172 cm³/mol. The Hall–Kier alpha value is -4.82. The lowest BCUT2D eigenvalue weighted by Gasteiger charge is -2.22. The molecule has 1 aliphatic carbocycles. The Morgan fingerprint density at radius 2 is 1.57 bits per heavy atom. The Labute approximate surface area is 261 Å². The van der Waals surface area contributed by atoms with Crippen LogP contribution in [0, 0.1) is 6.92 Å². The molecule has 1 N–H and O–H groups in total. The molecular formula is C35H33ClN2O6. The molecule has 0 aromatic heterocycles. The molecule has 5 rings (SSSR count). The van der Waals surface area contributed by atoms with E-state index in [1.165, 1.54) is 25.0 Å². The third-order valence-electron chi connectivity index (χ3n) is 7.72. The maximum absolute atomic E-state index is 14.2. The van der Waals surface area contributed by atoms with Gasteiger partial charge in [0.25, 0.3) is 5.91 Å². The summed E-state index contributed by atoms with van der Waals surface area (Å²) in [5.41, 5.74) is 4.54. The second-order valence-corrected chi connectivity index (χ2v) is 11.0. The molecule has 1 unspecified atom stereocenters. The van der Waals surface area contributed by atoms with Crippen LogP contribution in [0.15, 0.2) is 77.6 Å². The highest BCUT2D eigenvalue weighted by atomic mass is 35.5. The zero-order valence-corrected chi connectivity index (χ0v) is 26.0. The largest absolute Gasteiger partial charge is 0.493 e. The van der Waals surface area contributed by atoms with Crippen LogP contribution >= 0.6 is 11.6 Å². The molecule has 8 nitrogen and oxygen atoms in total. The Kier molecular flexibility index (Phi) is 8.92. The van der Waals surface area contributed by atoms with E-state index in [0.717, 1.165) is 16.7 Å². The van der Waals surface area contributed by atoms with Crippen molar-refractivity contribution >= 4 is 34.8 Å². The number of methoxy groups -OCH3 is 3. The summed E-state index contributed by atoms with van der Waals surface area (Å²) in [6, 6.07) is 20.3. The first kappa shape index (κ1) is 30.6. The number of benzene rings is 3. The average Bonchev–Trinajstić information content (AvgIpc) is 3.26. The molecule has 4 aromatic carbocycles. The topological polar surface area (TPSA) is 94.2 Å². The van der Waals surface area contributed by atoms with E-state index in [4.69, 9.17) is 25.8 Å². The van der Waals surface area contributed by atoms with Gasteiger partial charge in [0.1, 0.15) is 0 Å². The highest BCUT2D eigenvalue weighted by molar-refractivity contribution is 6.30. The Morgan fingerprint density at radius 3 is 2.18 bits per heavy atom. The molecule has 0 saturated heterocycles. The van der Waals surface area contributed by atoms with E-state index in [2.05, 4.69) is 5.32 Å². The molecule has 1 atom stereocenters. The minimum absolute atomic E-state index is 0.143. The Morgan fingerprint density at radius 1 is 0.886 bits per heavy atom. The summed E-state index contributed by atoms with van der Waals surface area (Å²) < 4.78 is 17.2. The normalized spacial score (nSPS) is 13.5. The molecule has 4 aromatic rings. The van der Waals surface area contributed by atoms with Gasteiger partial charge < -0.3 is 19.5 Å². The molecule has 44 heavy (non-hydrogen) atoms. The Bertz CT molecular complexity index is 1790. The van der Waals surface area contributed by atoms with Crippen molar-refractivity contribution in [3.63, 3.8) is 0 Å². The molecule has 0 aliphatic heterocycles. The van der Waals surface area contributed by atoms with Crippen LogP contribution in [0.1, 0.15) is 46.4 Å². The Balaban J connectivity index is 1.81. The van der Waals surface area contributed by atoms with E-state index < -0.39 is 17.4 Å². The zero-order valence-electron chi connectivity index (χ0n) is 25.2. The maximum atomic E-state index is 14.2. The van der Waals surface area contributed by atoms with Crippen molar-refractivity contribution in [1.29, 1.82) is 0 Å². The highest BCUT2D eigenvalue weighted by Gasteiger charge is 2.30. The lowest BCUT2D eigenvalue weighted by Crippen LogP contribution is -2.30. The number of hydrogen-bond acceptors (Lipinski definition) is 6.